The van der Waals surface area contributed by atoms with E-state index in [1.165, 1.54) is 22.1 Å². The van der Waals surface area contributed by atoms with E-state index in [4.69, 9.17) is 0 Å². The van der Waals surface area contributed by atoms with Crippen molar-refractivity contribution in [3.63, 3.8) is 0 Å². The molecule has 0 spiro atoms. The fraction of sp³-hybridized carbons (Fsp3) is 0.538. The summed E-state index contributed by atoms with van der Waals surface area (Å²) in [5.41, 5.74) is 2.83. The quantitative estimate of drug-likeness (QED) is 0.855. The summed E-state index contributed by atoms with van der Waals surface area (Å²) in [5.74, 6) is 0.483. The maximum Gasteiger partial charge on any atom is 0.0479 e. The summed E-state index contributed by atoms with van der Waals surface area (Å²) in [5, 5.41) is 9.36. The highest BCUT2D eigenvalue weighted by molar-refractivity contribution is 9.10. The van der Waals surface area contributed by atoms with Gasteiger partial charge in [-0.1, -0.05) is 15.9 Å². The summed E-state index contributed by atoms with van der Waals surface area (Å²) in [6, 6.07) is 7.13. The summed E-state index contributed by atoms with van der Waals surface area (Å²) in [6.45, 7) is 1.44. The first-order valence-electron chi connectivity index (χ1n) is 5.95. The Morgan fingerprint density at radius 1 is 1.38 bits per heavy atom. The molecule has 2 unspecified atom stereocenters. The molecule has 2 aliphatic rings. The maximum absolute atomic E-state index is 9.36. The Morgan fingerprint density at radius 2 is 2.25 bits per heavy atom. The fourth-order valence-electron chi connectivity index (χ4n) is 3.16. The molecule has 1 aromatic carbocycles. The van der Waals surface area contributed by atoms with E-state index in [1.807, 2.05) is 0 Å². The van der Waals surface area contributed by atoms with Gasteiger partial charge in [-0.3, -0.25) is 0 Å². The summed E-state index contributed by atoms with van der Waals surface area (Å²) in [7, 11) is 0. The fourth-order valence-corrected chi connectivity index (χ4v) is 3.57. The minimum atomic E-state index is 0.340. The summed E-state index contributed by atoms with van der Waals surface area (Å²) in [4.78, 5) is 2.49. The van der Waals surface area contributed by atoms with Crippen LogP contribution in [0.2, 0.25) is 0 Å². The molecule has 1 aromatic rings. The minimum Gasteiger partial charge on any atom is -0.396 e. The second kappa shape index (κ2) is 4.04. The maximum atomic E-state index is 9.36. The van der Waals surface area contributed by atoms with Crippen molar-refractivity contribution in [2.75, 3.05) is 18.1 Å². The van der Waals surface area contributed by atoms with Crippen molar-refractivity contribution in [3.05, 3.63) is 28.2 Å². The van der Waals surface area contributed by atoms with E-state index in [-0.39, 0.29) is 0 Å². The number of fused-ring (bicyclic) bond motifs is 3. The third-order valence-corrected chi connectivity index (χ3v) is 4.47. The van der Waals surface area contributed by atoms with Crippen LogP contribution in [0.5, 0.6) is 0 Å². The van der Waals surface area contributed by atoms with E-state index in [2.05, 4.69) is 39.0 Å². The van der Waals surface area contributed by atoms with Crippen LogP contribution in [0.25, 0.3) is 0 Å². The van der Waals surface area contributed by atoms with E-state index in [0.29, 0.717) is 18.6 Å². The molecule has 16 heavy (non-hydrogen) atoms. The van der Waals surface area contributed by atoms with E-state index in [0.717, 1.165) is 19.4 Å². The van der Waals surface area contributed by atoms with Crippen LogP contribution in [0.1, 0.15) is 18.4 Å². The second-order valence-electron chi connectivity index (χ2n) is 4.80. The number of rotatable bonds is 1. The number of nitrogens with zero attached hydrogens (tertiary/aromatic N) is 1. The lowest BCUT2D eigenvalue weighted by atomic mass is 9.91. The Labute approximate surface area is 104 Å². The standard InChI is InChI=1S/C13H16BrNO/c14-11-2-4-12-9(7-11)1-3-13-10(8-16)5-6-15(12)13/h2,4,7,10,13,16H,1,3,5-6,8H2. The number of aliphatic hydroxyl groups is 1. The molecule has 86 valence electrons. The van der Waals surface area contributed by atoms with Gasteiger partial charge in [-0.15, -0.1) is 0 Å². The van der Waals surface area contributed by atoms with Crippen LogP contribution in [-0.2, 0) is 6.42 Å². The molecule has 0 saturated carbocycles. The van der Waals surface area contributed by atoms with Crippen molar-refractivity contribution in [1.29, 1.82) is 0 Å². The number of benzene rings is 1. The first-order chi connectivity index (χ1) is 7.79. The zero-order valence-electron chi connectivity index (χ0n) is 9.19. The lowest BCUT2D eigenvalue weighted by Gasteiger charge is -2.35. The van der Waals surface area contributed by atoms with Gasteiger partial charge < -0.3 is 10.0 Å². The molecule has 1 N–H and O–H groups in total. The van der Waals surface area contributed by atoms with E-state index in [9.17, 15) is 5.11 Å². The molecular weight excluding hydrogens is 266 g/mol. The molecule has 2 heterocycles. The number of hydrogen-bond acceptors (Lipinski definition) is 2. The van der Waals surface area contributed by atoms with Gasteiger partial charge in [-0.2, -0.15) is 0 Å². The SMILES string of the molecule is OCC1CCN2c3ccc(Br)cc3CCC12. The van der Waals surface area contributed by atoms with Crippen molar-refractivity contribution in [3.8, 4) is 0 Å². The molecule has 0 amide bonds. The van der Waals surface area contributed by atoms with Crippen LogP contribution in [0, 0.1) is 5.92 Å². The van der Waals surface area contributed by atoms with Gasteiger partial charge in [0.1, 0.15) is 0 Å². The average molecular weight is 282 g/mol. The van der Waals surface area contributed by atoms with Crippen molar-refractivity contribution in [2.24, 2.45) is 5.92 Å². The number of aliphatic hydroxyl groups excluding tert-OH is 1. The largest absolute Gasteiger partial charge is 0.396 e. The van der Waals surface area contributed by atoms with Crippen LogP contribution in [-0.4, -0.2) is 24.3 Å². The van der Waals surface area contributed by atoms with Gasteiger partial charge in [0.25, 0.3) is 0 Å². The summed E-state index contributed by atoms with van der Waals surface area (Å²) in [6.07, 6.45) is 3.47. The van der Waals surface area contributed by atoms with Gasteiger partial charge in [-0.05, 0) is 43.0 Å². The summed E-state index contributed by atoms with van der Waals surface area (Å²) >= 11 is 3.53. The molecule has 0 radical (unpaired) electrons. The van der Waals surface area contributed by atoms with Gasteiger partial charge in [0.05, 0.1) is 0 Å². The lowest BCUT2D eigenvalue weighted by molar-refractivity contribution is 0.213. The Hall–Kier alpha value is -0.540. The molecule has 0 bridgehead atoms. The first kappa shape index (κ1) is 10.6. The van der Waals surface area contributed by atoms with Crippen LogP contribution < -0.4 is 4.90 Å². The highest BCUT2D eigenvalue weighted by Crippen LogP contribution is 2.39. The van der Waals surface area contributed by atoms with Crippen LogP contribution >= 0.6 is 15.9 Å². The van der Waals surface area contributed by atoms with Crippen molar-refractivity contribution >= 4 is 21.6 Å². The third kappa shape index (κ3) is 1.57. The van der Waals surface area contributed by atoms with Gasteiger partial charge in [0.15, 0.2) is 0 Å². The predicted octanol–water partition coefficient (Wildman–Crippen LogP) is 2.58. The Morgan fingerprint density at radius 3 is 3.06 bits per heavy atom. The Balaban J connectivity index is 1.96. The molecule has 0 aromatic heterocycles. The monoisotopic (exact) mass is 281 g/mol. The highest BCUT2D eigenvalue weighted by Gasteiger charge is 2.36. The molecule has 2 nitrogen and oxygen atoms in total. The Bertz CT molecular complexity index is 407. The van der Waals surface area contributed by atoms with Gasteiger partial charge in [0.2, 0.25) is 0 Å². The number of hydrogen-bond donors (Lipinski definition) is 1. The van der Waals surface area contributed by atoms with Crippen LogP contribution in [0.3, 0.4) is 0 Å². The van der Waals surface area contributed by atoms with E-state index >= 15 is 0 Å². The topological polar surface area (TPSA) is 23.5 Å². The van der Waals surface area contributed by atoms with Crippen molar-refractivity contribution in [2.45, 2.75) is 25.3 Å². The molecule has 2 aliphatic heterocycles. The van der Waals surface area contributed by atoms with Crippen LogP contribution in [0.4, 0.5) is 5.69 Å². The number of aryl methyl sites for hydroxylation is 1. The summed E-state index contributed by atoms with van der Waals surface area (Å²) < 4.78 is 1.17. The number of halogens is 1. The highest BCUT2D eigenvalue weighted by atomic mass is 79.9. The molecule has 2 atom stereocenters. The predicted molar refractivity (Wildman–Crippen MR) is 68.8 cm³/mol. The second-order valence-corrected chi connectivity index (χ2v) is 5.72. The van der Waals surface area contributed by atoms with E-state index in [1.54, 1.807) is 0 Å². The zero-order valence-corrected chi connectivity index (χ0v) is 10.8. The smallest absolute Gasteiger partial charge is 0.0479 e. The van der Waals surface area contributed by atoms with Crippen molar-refractivity contribution < 1.29 is 5.11 Å². The normalized spacial score (nSPS) is 27.8. The first-order valence-corrected chi connectivity index (χ1v) is 6.75. The average Bonchev–Trinajstić information content (AvgIpc) is 2.71. The van der Waals surface area contributed by atoms with E-state index < -0.39 is 0 Å². The zero-order chi connectivity index (χ0) is 11.1. The molecule has 0 aliphatic carbocycles. The third-order valence-electron chi connectivity index (χ3n) is 3.98. The van der Waals surface area contributed by atoms with Gasteiger partial charge >= 0.3 is 0 Å². The molecule has 1 saturated heterocycles. The van der Waals surface area contributed by atoms with Crippen molar-refractivity contribution in [1.82, 2.24) is 0 Å². The molecule has 3 heteroatoms. The Kier molecular flexibility index (Phi) is 2.68. The van der Waals surface area contributed by atoms with Gasteiger partial charge in [0, 0.05) is 35.3 Å². The molecular formula is C13H16BrNO. The minimum absolute atomic E-state index is 0.340. The number of anilines is 1. The molecule has 1 fully saturated rings. The van der Waals surface area contributed by atoms with Gasteiger partial charge in [-0.25, -0.2) is 0 Å². The van der Waals surface area contributed by atoms with Crippen LogP contribution in [0.15, 0.2) is 22.7 Å². The lowest BCUT2D eigenvalue weighted by Crippen LogP contribution is -2.37. The molecule has 3 rings (SSSR count).